The minimum absolute atomic E-state index is 0.485. The van der Waals surface area contributed by atoms with Crippen LogP contribution < -0.4 is 10.2 Å². The third kappa shape index (κ3) is 4.59. The average molecular weight is 362 g/mol. The predicted octanol–water partition coefficient (Wildman–Crippen LogP) is 3.24. The fraction of sp³-hybridized carbons (Fsp3) is 0.789. The van der Waals surface area contributed by atoms with Gasteiger partial charge in [-0.15, -0.1) is 0 Å². The number of nitrogens with one attached hydrogen (secondary N) is 1. The number of nitrogens with zero attached hydrogens (tertiary/aromatic N) is 4. The highest BCUT2D eigenvalue weighted by Crippen LogP contribution is 2.26. The smallest absolute Gasteiger partial charge is 0.224 e. The summed E-state index contributed by atoms with van der Waals surface area (Å²) < 4.78 is 0. The summed E-state index contributed by atoms with van der Waals surface area (Å²) in [7, 11) is 0. The van der Waals surface area contributed by atoms with E-state index in [-0.39, 0.29) is 0 Å². The Morgan fingerprint density at radius 2 is 1.92 bits per heavy atom. The highest BCUT2D eigenvalue weighted by atomic mass is 32.2. The molecule has 3 fully saturated rings. The Kier molecular flexibility index (Phi) is 5.98. The SMILES string of the molecule is c1cc(N2CCCCCC2)nc(NC2CCCN(C3CCSC3)C2)n1. The lowest BCUT2D eigenvalue weighted by Crippen LogP contribution is -2.47. The molecule has 0 saturated carbocycles. The Balaban J connectivity index is 1.37. The summed E-state index contributed by atoms with van der Waals surface area (Å²) in [6.45, 7) is 4.67. The first-order valence-electron chi connectivity index (χ1n) is 10.0. The van der Waals surface area contributed by atoms with Gasteiger partial charge in [0.2, 0.25) is 5.95 Å². The minimum atomic E-state index is 0.485. The molecule has 2 atom stereocenters. The Bertz CT molecular complexity index is 540. The van der Waals surface area contributed by atoms with Gasteiger partial charge in [-0.05, 0) is 50.5 Å². The lowest BCUT2D eigenvalue weighted by molar-refractivity contribution is 0.167. The fourth-order valence-electron chi connectivity index (χ4n) is 4.34. The Morgan fingerprint density at radius 1 is 1.04 bits per heavy atom. The Labute approximate surface area is 156 Å². The van der Waals surface area contributed by atoms with Crippen molar-refractivity contribution in [1.29, 1.82) is 0 Å². The van der Waals surface area contributed by atoms with Crippen LogP contribution in [0.15, 0.2) is 12.3 Å². The molecule has 1 aromatic heterocycles. The first kappa shape index (κ1) is 17.4. The van der Waals surface area contributed by atoms with Crippen molar-refractivity contribution in [2.24, 2.45) is 0 Å². The Morgan fingerprint density at radius 3 is 2.72 bits per heavy atom. The van der Waals surface area contributed by atoms with E-state index in [0.717, 1.165) is 37.4 Å². The molecule has 0 aliphatic carbocycles. The van der Waals surface area contributed by atoms with E-state index >= 15 is 0 Å². The van der Waals surface area contributed by atoms with Crippen molar-refractivity contribution in [3.8, 4) is 0 Å². The third-order valence-corrected chi connectivity index (χ3v) is 6.92. The number of hydrogen-bond donors (Lipinski definition) is 1. The highest BCUT2D eigenvalue weighted by Gasteiger charge is 2.28. The third-order valence-electron chi connectivity index (χ3n) is 5.78. The summed E-state index contributed by atoms with van der Waals surface area (Å²) in [6, 6.07) is 3.34. The molecule has 0 amide bonds. The van der Waals surface area contributed by atoms with E-state index in [9.17, 15) is 0 Å². The maximum Gasteiger partial charge on any atom is 0.224 e. The molecule has 0 radical (unpaired) electrons. The van der Waals surface area contributed by atoms with E-state index < -0.39 is 0 Å². The van der Waals surface area contributed by atoms with E-state index in [4.69, 9.17) is 4.98 Å². The lowest BCUT2D eigenvalue weighted by Gasteiger charge is -2.36. The van der Waals surface area contributed by atoms with Gasteiger partial charge in [-0.25, -0.2) is 4.98 Å². The summed E-state index contributed by atoms with van der Waals surface area (Å²) in [4.78, 5) is 14.5. The number of rotatable bonds is 4. The molecular formula is C19H31N5S. The molecule has 6 heteroatoms. The van der Waals surface area contributed by atoms with Gasteiger partial charge in [-0.3, -0.25) is 4.90 Å². The molecule has 25 heavy (non-hydrogen) atoms. The van der Waals surface area contributed by atoms with Crippen LogP contribution in [0.1, 0.15) is 44.9 Å². The monoisotopic (exact) mass is 361 g/mol. The van der Waals surface area contributed by atoms with E-state index in [1.807, 2.05) is 6.20 Å². The molecule has 3 aliphatic rings. The molecule has 3 saturated heterocycles. The number of aromatic nitrogens is 2. The van der Waals surface area contributed by atoms with Crippen LogP contribution in [0.5, 0.6) is 0 Å². The largest absolute Gasteiger partial charge is 0.356 e. The van der Waals surface area contributed by atoms with Crippen LogP contribution in [0, 0.1) is 0 Å². The molecule has 3 aliphatic heterocycles. The first-order valence-corrected chi connectivity index (χ1v) is 11.2. The Hall–Kier alpha value is -1.01. The molecule has 1 aromatic rings. The number of anilines is 2. The molecule has 1 N–H and O–H groups in total. The van der Waals surface area contributed by atoms with E-state index in [1.165, 1.54) is 63.0 Å². The van der Waals surface area contributed by atoms with Crippen LogP contribution in [-0.2, 0) is 0 Å². The molecule has 4 heterocycles. The summed E-state index contributed by atoms with van der Waals surface area (Å²) in [6.07, 6.45) is 11.1. The molecule has 5 nitrogen and oxygen atoms in total. The summed E-state index contributed by atoms with van der Waals surface area (Å²) in [5.74, 6) is 4.56. The van der Waals surface area contributed by atoms with Gasteiger partial charge < -0.3 is 10.2 Å². The summed E-state index contributed by atoms with van der Waals surface area (Å²) in [5, 5.41) is 3.63. The molecule has 2 unspecified atom stereocenters. The van der Waals surface area contributed by atoms with Crippen LogP contribution in [0.25, 0.3) is 0 Å². The fourth-order valence-corrected chi connectivity index (χ4v) is 5.60. The normalized spacial score (nSPS) is 28.7. The van der Waals surface area contributed by atoms with Gasteiger partial charge in [0, 0.05) is 43.7 Å². The number of piperidine rings is 1. The van der Waals surface area contributed by atoms with Gasteiger partial charge in [-0.1, -0.05) is 12.8 Å². The molecular weight excluding hydrogens is 330 g/mol. The predicted molar refractivity (Wildman–Crippen MR) is 107 cm³/mol. The van der Waals surface area contributed by atoms with Gasteiger partial charge in [-0.2, -0.15) is 16.7 Å². The van der Waals surface area contributed by atoms with Gasteiger partial charge in [0.15, 0.2) is 0 Å². The van der Waals surface area contributed by atoms with Crippen molar-refractivity contribution >= 4 is 23.5 Å². The van der Waals surface area contributed by atoms with Crippen molar-refractivity contribution in [3.05, 3.63) is 12.3 Å². The van der Waals surface area contributed by atoms with Crippen molar-refractivity contribution in [3.63, 3.8) is 0 Å². The second-order valence-electron chi connectivity index (χ2n) is 7.64. The van der Waals surface area contributed by atoms with Gasteiger partial charge in [0.1, 0.15) is 5.82 Å². The highest BCUT2D eigenvalue weighted by molar-refractivity contribution is 7.99. The second kappa shape index (κ2) is 8.58. The molecule has 0 aromatic carbocycles. The van der Waals surface area contributed by atoms with Gasteiger partial charge in [0.25, 0.3) is 0 Å². The van der Waals surface area contributed by atoms with E-state index in [0.29, 0.717) is 6.04 Å². The number of thioether (sulfide) groups is 1. The van der Waals surface area contributed by atoms with E-state index in [1.54, 1.807) is 0 Å². The van der Waals surface area contributed by atoms with Crippen molar-refractivity contribution in [2.45, 2.75) is 57.0 Å². The van der Waals surface area contributed by atoms with Crippen LogP contribution >= 0.6 is 11.8 Å². The minimum Gasteiger partial charge on any atom is -0.356 e. The molecule has 0 bridgehead atoms. The number of likely N-dealkylation sites (tertiary alicyclic amines) is 1. The molecule has 0 spiro atoms. The van der Waals surface area contributed by atoms with Crippen molar-refractivity contribution in [2.75, 3.05) is 47.9 Å². The average Bonchev–Trinajstić information content (AvgIpc) is 3.05. The maximum atomic E-state index is 4.84. The summed E-state index contributed by atoms with van der Waals surface area (Å²) in [5.41, 5.74) is 0. The summed E-state index contributed by atoms with van der Waals surface area (Å²) >= 11 is 2.11. The van der Waals surface area contributed by atoms with Crippen LogP contribution in [0.3, 0.4) is 0 Å². The van der Waals surface area contributed by atoms with Crippen molar-refractivity contribution in [1.82, 2.24) is 14.9 Å². The van der Waals surface area contributed by atoms with Gasteiger partial charge in [0.05, 0.1) is 0 Å². The lowest BCUT2D eigenvalue weighted by atomic mass is 10.0. The zero-order chi connectivity index (χ0) is 16.9. The molecule has 4 rings (SSSR count). The maximum absolute atomic E-state index is 4.84. The first-order chi connectivity index (χ1) is 12.4. The quantitative estimate of drug-likeness (QED) is 0.888. The zero-order valence-corrected chi connectivity index (χ0v) is 16.0. The second-order valence-corrected chi connectivity index (χ2v) is 8.79. The molecule has 138 valence electrons. The van der Waals surface area contributed by atoms with Crippen LogP contribution in [0.4, 0.5) is 11.8 Å². The van der Waals surface area contributed by atoms with Crippen LogP contribution in [0.2, 0.25) is 0 Å². The van der Waals surface area contributed by atoms with Crippen LogP contribution in [-0.4, -0.2) is 64.6 Å². The zero-order valence-electron chi connectivity index (χ0n) is 15.2. The standard InChI is InChI=1S/C19H31N5S/c1-2-4-11-23(10-3-1)18-7-9-20-19(22-18)21-16-6-5-12-24(14-16)17-8-13-25-15-17/h7,9,16-17H,1-6,8,10-15H2,(H,20,21,22). The van der Waals surface area contributed by atoms with Gasteiger partial charge >= 0.3 is 0 Å². The van der Waals surface area contributed by atoms with Crippen molar-refractivity contribution < 1.29 is 0 Å². The van der Waals surface area contributed by atoms with E-state index in [2.05, 4.69) is 37.9 Å². The topological polar surface area (TPSA) is 44.3 Å². The number of hydrogen-bond acceptors (Lipinski definition) is 6.